The number of para-hydroxylation sites is 1. The summed E-state index contributed by atoms with van der Waals surface area (Å²) in [6.45, 7) is 0. The molecule has 0 saturated carbocycles. The smallest absolute Gasteiger partial charge is 0.251 e. The summed E-state index contributed by atoms with van der Waals surface area (Å²) in [5.74, 6) is 0.767. The molecular formula is C19H22N4OS. The molecule has 6 N–H and O–H groups in total. The second-order valence-electron chi connectivity index (χ2n) is 6.01. The fraction of sp³-hybridized carbons (Fsp3) is 0.211. The van der Waals surface area contributed by atoms with Crippen LogP contribution in [0, 0.1) is 0 Å². The quantitative estimate of drug-likeness (QED) is 0.509. The predicted molar refractivity (Wildman–Crippen MR) is 107 cm³/mol. The van der Waals surface area contributed by atoms with Crippen molar-refractivity contribution in [2.75, 3.05) is 23.5 Å². The molecule has 0 spiro atoms. The number of H-pyrrole nitrogens is 1. The van der Waals surface area contributed by atoms with E-state index in [0.717, 1.165) is 28.8 Å². The van der Waals surface area contributed by atoms with Crippen molar-refractivity contribution >= 4 is 39.9 Å². The number of carbonyl (C=O) groups excluding carboxylic acids is 1. The molecule has 130 valence electrons. The standard InChI is InChI=1S/C19H22N4OS/c1-25-7-6-17(18-10-12-4-2-3-5-16(12)22-18)23-19(24)13-8-14(20)11-15(21)9-13/h2-5,8-11,17,22H,6-7,20-21H2,1H3,(H,23,24). The normalized spacial score (nSPS) is 12.2. The molecule has 0 aliphatic rings. The van der Waals surface area contributed by atoms with E-state index in [4.69, 9.17) is 11.5 Å². The van der Waals surface area contributed by atoms with Gasteiger partial charge in [0.25, 0.3) is 5.91 Å². The van der Waals surface area contributed by atoms with Crippen LogP contribution in [0.2, 0.25) is 0 Å². The average Bonchev–Trinajstić information content (AvgIpc) is 3.01. The molecule has 0 fully saturated rings. The topological polar surface area (TPSA) is 96.9 Å². The Morgan fingerprint density at radius 3 is 2.56 bits per heavy atom. The van der Waals surface area contributed by atoms with Crippen LogP contribution in [-0.4, -0.2) is 22.9 Å². The zero-order chi connectivity index (χ0) is 17.8. The maximum absolute atomic E-state index is 12.7. The van der Waals surface area contributed by atoms with Gasteiger partial charge in [-0.1, -0.05) is 18.2 Å². The van der Waals surface area contributed by atoms with Crippen molar-refractivity contribution in [2.45, 2.75) is 12.5 Å². The second-order valence-corrected chi connectivity index (χ2v) is 6.99. The Hall–Kier alpha value is -2.60. The third-order valence-electron chi connectivity index (χ3n) is 4.08. The number of fused-ring (bicyclic) bond motifs is 1. The summed E-state index contributed by atoms with van der Waals surface area (Å²) in [7, 11) is 0. The summed E-state index contributed by atoms with van der Waals surface area (Å²) in [4.78, 5) is 16.1. The van der Waals surface area contributed by atoms with Crippen LogP contribution in [0.15, 0.2) is 48.5 Å². The largest absolute Gasteiger partial charge is 0.399 e. The first kappa shape index (κ1) is 17.2. The van der Waals surface area contributed by atoms with E-state index in [1.165, 1.54) is 0 Å². The van der Waals surface area contributed by atoms with Gasteiger partial charge in [0.1, 0.15) is 0 Å². The first-order valence-corrected chi connectivity index (χ1v) is 9.49. The van der Waals surface area contributed by atoms with Gasteiger partial charge in [0.2, 0.25) is 0 Å². The molecule has 1 aromatic heterocycles. The molecule has 3 rings (SSSR count). The SMILES string of the molecule is CSCCC(NC(=O)c1cc(N)cc(N)c1)c1cc2ccccc2[nH]1. The Kier molecular flexibility index (Phi) is 5.19. The third-order valence-corrected chi connectivity index (χ3v) is 4.73. The zero-order valence-electron chi connectivity index (χ0n) is 14.1. The number of hydrogen-bond acceptors (Lipinski definition) is 4. The summed E-state index contributed by atoms with van der Waals surface area (Å²) in [5.41, 5.74) is 15.1. The molecule has 0 saturated heterocycles. The molecule has 5 nitrogen and oxygen atoms in total. The molecule has 0 aliphatic carbocycles. The number of rotatable bonds is 6. The predicted octanol–water partition coefficient (Wildman–Crippen LogP) is 3.56. The highest BCUT2D eigenvalue weighted by Gasteiger charge is 2.18. The molecular weight excluding hydrogens is 332 g/mol. The number of aromatic amines is 1. The van der Waals surface area contributed by atoms with Gasteiger partial charge in [-0.05, 0) is 54.1 Å². The number of carbonyl (C=O) groups is 1. The lowest BCUT2D eigenvalue weighted by Gasteiger charge is -2.18. The number of nitrogen functional groups attached to an aromatic ring is 2. The van der Waals surface area contributed by atoms with Crippen LogP contribution in [0.4, 0.5) is 11.4 Å². The Morgan fingerprint density at radius 1 is 1.16 bits per heavy atom. The first-order chi connectivity index (χ1) is 12.1. The van der Waals surface area contributed by atoms with Crippen molar-refractivity contribution < 1.29 is 4.79 Å². The maximum Gasteiger partial charge on any atom is 0.251 e. The molecule has 6 heteroatoms. The summed E-state index contributed by atoms with van der Waals surface area (Å²) >= 11 is 1.75. The minimum absolute atomic E-state index is 0.102. The Labute approximate surface area is 151 Å². The summed E-state index contributed by atoms with van der Waals surface area (Å²) in [5, 5.41) is 4.24. The Balaban J connectivity index is 1.86. The number of aromatic nitrogens is 1. The summed E-state index contributed by atoms with van der Waals surface area (Å²) in [6, 6.07) is 15.0. The highest BCUT2D eigenvalue weighted by Crippen LogP contribution is 2.24. The number of anilines is 2. The molecule has 0 radical (unpaired) electrons. The fourth-order valence-electron chi connectivity index (χ4n) is 2.87. The van der Waals surface area contributed by atoms with E-state index in [1.807, 2.05) is 18.2 Å². The third kappa shape index (κ3) is 4.09. The van der Waals surface area contributed by atoms with Gasteiger partial charge in [0.05, 0.1) is 6.04 Å². The van der Waals surface area contributed by atoms with Gasteiger partial charge in [-0.25, -0.2) is 0 Å². The van der Waals surface area contributed by atoms with Gasteiger partial charge in [0, 0.05) is 28.1 Å². The van der Waals surface area contributed by atoms with Crippen molar-refractivity contribution in [2.24, 2.45) is 0 Å². The highest BCUT2D eigenvalue weighted by molar-refractivity contribution is 7.98. The molecule has 2 aromatic carbocycles. The molecule has 25 heavy (non-hydrogen) atoms. The van der Waals surface area contributed by atoms with Gasteiger partial charge >= 0.3 is 0 Å². The van der Waals surface area contributed by atoms with E-state index in [0.29, 0.717) is 16.9 Å². The number of nitrogens with two attached hydrogens (primary N) is 2. The lowest BCUT2D eigenvalue weighted by Crippen LogP contribution is -2.29. The van der Waals surface area contributed by atoms with Crippen LogP contribution in [0.1, 0.15) is 28.5 Å². The number of amides is 1. The number of nitrogens with one attached hydrogen (secondary N) is 2. The molecule has 1 heterocycles. The monoisotopic (exact) mass is 354 g/mol. The van der Waals surface area contributed by atoms with Gasteiger partial charge in [-0.15, -0.1) is 0 Å². The molecule has 1 unspecified atom stereocenters. The van der Waals surface area contributed by atoms with Crippen molar-refractivity contribution in [3.8, 4) is 0 Å². The zero-order valence-corrected chi connectivity index (χ0v) is 14.9. The minimum atomic E-state index is -0.177. The van der Waals surface area contributed by atoms with Crippen LogP contribution in [-0.2, 0) is 0 Å². The van der Waals surface area contributed by atoms with E-state index < -0.39 is 0 Å². The van der Waals surface area contributed by atoms with Crippen LogP contribution in [0.25, 0.3) is 10.9 Å². The summed E-state index contributed by atoms with van der Waals surface area (Å²) in [6.07, 6.45) is 2.89. The number of benzene rings is 2. The van der Waals surface area contributed by atoms with E-state index in [2.05, 4.69) is 28.7 Å². The van der Waals surface area contributed by atoms with Crippen LogP contribution < -0.4 is 16.8 Å². The van der Waals surface area contributed by atoms with Crippen molar-refractivity contribution in [3.05, 3.63) is 59.8 Å². The van der Waals surface area contributed by atoms with E-state index in [9.17, 15) is 4.79 Å². The Bertz CT molecular complexity index is 837. The van der Waals surface area contributed by atoms with E-state index >= 15 is 0 Å². The Morgan fingerprint density at radius 2 is 1.88 bits per heavy atom. The van der Waals surface area contributed by atoms with E-state index in [-0.39, 0.29) is 11.9 Å². The van der Waals surface area contributed by atoms with Crippen LogP contribution in [0.5, 0.6) is 0 Å². The molecule has 1 amide bonds. The van der Waals surface area contributed by atoms with Gasteiger partial charge in [0.15, 0.2) is 0 Å². The van der Waals surface area contributed by atoms with Crippen molar-refractivity contribution in [1.29, 1.82) is 0 Å². The van der Waals surface area contributed by atoms with Gasteiger partial charge in [-0.2, -0.15) is 11.8 Å². The van der Waals surface area contributed by atoms with Gasteiger partial charge < -0.3 is 21.8 Å². The van der Waals surface area contributed by atoms with Crippen molar-refractivity contribution in [1.82, 2.24) is 10.3 Å². The van der Waals surface area contributed by atoms with Crippen LogP contribution in [0.3, 0.4) is 0 Å². The maximum atomic E-state index is 12.7. The molecule has 0 aliphatic heterocycles. The fourth-order valence-corrected chi connectivity index (χ4v) is 3.35. The molecule has 0 bridgehead atoms. The average molecular weight is 354 g/mol. The first-order valence-electron chi connectivity index (χ1n) is 8.10. The molecule has 1 atom stereocenters. The highest BCUT2D eigenvalue weighted by atomic mass is 32.2. The van der Waals surface area contributed by atoms with Crippen molar-refractivity contribution in [3.63, 3.8) is 0 Å². The lowest BCUT2D eigenvalue weighted by molar-refractivity contribution is 0.0935. The number of hydrogen-bond donors (Lipinski definition) is 4. The minimum Gasteiger partial charge on any atom is -0.399 e. The lowest BCUT2D eigenvalue weighted by atomic mass is 10.1. The van der Waals surface area contributed by atoms with E-state index in [1.54, 1.807) is 30.0 Å². The second kappa shape index (κ2) is 7.53. The number of thioether (sulfide) groups is 1. The summed E-state index contributed by atoms with van der Waals surface area (Å²) < 4.78 is 0. The van der Waals surface area contributed by atoms with Crippen LogP contribution >= 0.6 is 11.8 Å². The van der Waals surface area contributed by atoms with Gasteiger partial charge in [-0.3, -0.25) is 4.79 Å². The molecule has 3 aromatic rings.